The quantitative estimate of drug-likeness (QED) is 0.490. The second kappa shape index (κ2) is 9.44. The second-order valence-corrected chi connectivity index (χ2v) is 5.19. The molecular weight excluding hydrogens is 210 g/mol. The Balaban J connectivity index is 2.99. The van der Waals surface area contributed by atoms with Crippen molar-refractivity contribution in [3.63, 3.8) is 0 Å². The van der Waals surface area contributed by atoms with E-state index in [0.717, 1.165) is 32.0 Å². The number of ether oxygens (including phenoxy) is 1. The van der Waals surface area contributed by atoms with E-state index in [4.69, 9.17) is 16.3 Å². The normalized spacial score (nSPS) is 12.0. The summed E-state index contributed by atoms with van der Waals surface area (Å²) in [5.74, 6) is 0.798. The van der Waals surface area contributed by atoms with Crippen molar-refractivity contribution in [1.29, 1.82) is 0 Å². The molecule has 0 aliphatic carbocycles. The number of alkyl halides is 1. The molecule has 0 radical (unpaired) electrons. The standard InChI is InChI=1S/C12H26ClNO/c1-12(2,3)15-11-10-14-9-7-5-4-6-8-13/h14H,4-11H2,1-3H3. The third-order valence-corrected chi connectivity index (χ3v) is 2.32. The molecule has 92 valence electrons. The number of nitrogens with one attached hydrogen (secondary N) is 1. The second-order valence-electron chi connectivity index (χ2n) is 4.81. The van der Waals surface area contributed by atoms with Gasteiger partial charge in [-0.05, 0) is 40.2 Å². The van der Waals surface area contributed by atoms with Gasteiger partial charge >= 0.3 is 0 Å². The monoisotopic (exact) mass is 235 g/mol. The molecule has 0 bridgehead atoms. The lowest BCUT2D eigenvalue weighted by Gasteiger charge is -2.19. The Hall–Kier alpha value is 0.210. The van der Waals surface area contributed by atoms with Crippen LogP contribution < -0.4 is 5.32 Å². The highest BCUT2D eigenvalue weighted by atomic mass is 35.5. The molecule has 0 aromatic rings. The van der Waals surface area contributed by atoms with Crippen LogP contribution in [0.2, 0.25) is 0 Å². The van der Waals surface area contributed by atoms with Gasteiger partial charge in [0.1, 0.15) is 0 Å². The van der Waals surface area contributed by atoms with E-state index < -0.39 is 0 Å². The van der Waals surface area contributed by atoms with Crippen molar-refractivity contribution in [2.45, 2.75) is 52.1 Å². The van der Waals surface area contributed by atoms with Crippen LogP contribution in [-0.2, 0) is 4.74 Å². The molecule has 0 atom stereocenters. The maximum absolute atomic E-state index is 5.59. The zero-order valence-corrected chi connectivity index (χ0v) is 11.2. The molecule has 0 saturated carbocycles. The van der Waals surface area contributed by atoms with Gasteiger partial charge in [-0.25, -0.2) is 0 Å². The Kier molecular flexibility index (Phi) is 9.57. The maximum atomic E-state index is 5.59. The van der Waals surface area contributed by atoms with Gasteiger partial charge in [0.2, 0.25) is 0 Å². The molecule has 0 heterocycles. The van der Waals surface area contributed by atoms with Crippen LogP contribution in [0.1, 0.15) is 46.5 Å². The Morgan fingerprint density at radius 1 is 1.00 bits per heavy atom. The van der Waals surface area contributed by atoms with E-state index in [1.54, 1.807) is 0 Å². The van der Waals surface area contributed by atoms with Crippen molar-refractivity contribution >= 4 is 11.6 Å². The molecule has 0 amide bonds. The molecule has 0 unspecified atom stereocenters. The van der Waals surface area contributed by atoms with E-state index in [1.165, 1.54) is 19.3 Å². The third kappa shape index (κ3) is 14.2. The van der Waals surface area contributed by atoms with Crippen molar-refractivity contribution < 1.29 is 4.74 Å². The number of halogens is 1. The first kappa shape index (κ1) is 15.2. The highest BCUT2D eigenvalue weighted by molar-refractivity contribution is 6.17. The van der Waals surface area contributed by atoms with Crippen molar-refractivity contribution in [2.75, 3.05) is 25.6 Å². The number of unbranched alkanes of at least 4 members (excludes halogenated alkanes) is 3. The van der Waals surface area contributed by atoms with E-state index in [1.807, 2.05) is 0 Å². The minimum Gasteiger partial charge on any atom is -0.375 e. The van der Waals surface area contributed by atoms with Gasteiger partial charge in [0.25, 0.3) is 0 Å². The smallest absolute Gasteiger partial charge is 0.0599 e. The summed E-state index contributed by atoms with van der Waals surface area (Å²) in [6, 6.07) is 0. The average molecular weight is 236 g/mol. The molecule has 2 nitrogen and oxygen atoms in total. The largest absolute Gasteiger partial charge is 0.375 e. The van der Waals surface area contributed by atoms with Crippen LogP contribution in [0.3, 0.4) is 0 Å². The van der Waals surface area contributed by atoms with Crippen LogP contribution >= 0.6 is 11.6 Å². The molecule has 15 heavy (non-hydrogen) atoms. The zero-order valence-electron chi connectivity index (χ0n) is 10.4. The van der Waals surface area contributed by atoms with Gasteiger partial charge in [0, 0.05) is 12.4 Å². The van der Waals surface area contributed by atoms with E-state index >= 15 is 0 Å². The Morgan fingerprint density at radius 2 is 1.67 bits per heavy atom. The molecule has 3 heteroatoms. The van der Waals surface area contributed by atoms with Crippen LogP contribution in [0, 0.1) is 0 Å². The van der Waals surface area contributed by atoms with Gasteiger partial charge in [-0.2, -0.15) is 0 Å². The van der Waals surface area contributed by atoms with E-state index in [9.17, 15) is 0 Å². The molecule has 0 fully saturated rings. The summed E-state index contributed by atoms with van der Waals surface area (Å²) in [5.41, 5.74) is -0.0119. The molecular formula is C12H26ClNO. The van der Waals surface area contributed by atoms with Crippen LogP contribution in [0.4, 0.5) is 0 Å². The van der Waals surface area contributed by atoms with Gasteiger partial charge in [-0.1, -0.05) is 12.8 Å². The predicted molar refractivity (Wildman–Crippen MR) is 67.8 cm³/mol. The summed E-state index contributed by atoms with van der Waals surface area (Å²) < 4.78 is 5.59. The molecule has 0 aliphatic heterocycles. The van der Waals surface area contributed by atoms with Gasteiger partial charge in [0.15, 0.2) is 0 Å². The SMILES string of the molecule is CC(C)(C)OCCNCCCCCCCl. The summed E-state index contributed by atoms with van der Waals surface area (Å²) in [6.45, 7) is 9.09. The van der Waals surface area contributed by atoms with Crippen molar-refractivity contribution in [1.82, 2.24) is 5.32 Å². The molecule has 0 rings (SSSR count). The number of hydrogen-bond acceptors (Lipinski definition) is 2. The third-order valence-electron chi connectivity index (χ3n) is 2.05. The van der Waals surface area contributed by atoms with Crippen LogP contribution in [-0.4, -0.2) is 31.2 Å². The van der Waals surface area contributed by atoms with Gasteiger partial charge < -0.3 is 10.1 Å². The molecule has 0 aromatic heterocycles. The summed E-state index contributed by atoms with van der Waals surface area (Å²) >= 11 is 5.59. The first-order valence-electron chi connectivity index (χ1n) is 5.97. The highest BCUT2D eigenvalue weighted by Gasteiger charge is 2.08. The minimum atomic E-state index is -0.0119. The zero-order chi connectivity index (χ0) is 11.6. The fourth-order valence-corrected chi connectivity index (χ4v) is 1.44. The fourth-order valence-electron chi connectivity index (χ4n) is 1.25. The molecule has 0 aliphatic rings. The summed E-state index contributed by atoms with van der Waals surface area (Å²) in [7, 11) is 0. The lowest BCUT2D eigenvalue weighted by Crippen LogP contribution is -2.27. The fraction of sp³-hybridized carbons (Fsp3) is 1.00. The summed E-state index contributed by atoms with van der Waals surface area (Å²) in [4.78, 5) is 0. The predicted octanol–water partition coefficient (Wildman–Crippen LogP) is 3.19. The lowest BCUT2D eigenvalue weighted by molar-refractivity contribution is -0.000757. The Labute approximate surface area is 99.7 Å². The first-order valence-corrected chi connectivity index (χ1v) is 6.50. The Morgan fingerprint density at radius 3 is 2.27 bits per heavy atom. The van der Waals surface area contributed by atoms with Gasteiger partial charge in [-0.15, -0.1) is 11.6 Å². The van der Waals surface area contributed by atoms with Gasteiger partial charge in [-0.3, -0.25) is 0 Å². The summed E-state index contributed by atoms with van der Waals surface area (Å²) in [5, 5.41) is 3.38. The first-order chi connectivity index (χ1) is 7.06. The van der Waals surface area contributed by atoms with Crippen LogP contribution in [0.5, 0.6) is 0 Å². The average Bonchev–Trinajstić information content (AvgIpc) is 2.14. The van der Waals surface area contributed by atoms with Crippen molar-refractivity contribution in [2.24, 2.45) is 0 Å². The van der Waals surface area contributed by atoms with Crippen LogP contribution in [0.15, 0.2) is 0 Å². The van der Waals surface area contributed by atoms with Crippen LogP contribution in [0.25, 0.3) is 0 Å². The van der Waals surface area contributed by atoms with Crippen molar-refractivity contribution in [3.05, 3.63) is 0 Å². The van der Waals surface area contributed by atoms with E-state index in [-0.39, 0.29) is 5.60 Å². The summed E-state index contributed by atoms with van der Waals surface area (Å²) in [6.07, 6.45) is 4.92. The highest BCUT2D eigenvalue weighted by Crippen LogP contribution is 2.05. The Bertz CT molecular complexity index is 134. The maximum Gasteiger partial charge on any atom is 0.0599 e. The van der Waals surface area contributed by atoms with Crippen molar-refractivity contribution in [3.8, 4) is 0 Å². The minimum absolute atomic E-state index is 0.0119. The topological polar surface area (TPSA) is 21.3 Å². The van der Waals surface area contributed by atoms with E-state index in [0.29, 0.717) is 0 Å². The molecule has 0 saturated heterocycles. The van der Waals surface area contributed by atoms with E-state index in [2.05, 4.69) is 26.1 Å². The molecule has 0 spiro atoms. The lowest BCUT2D eigenvalue weighted by atomic mass is 10.2. The molecule has 1 N–H and O–H groups in total. The molecule has 0 aromatic carbocycles. The van der Waals surface area contributed by atoms with Gasteiger partial charge in [0.05, 0.1) is 12.2 Å². The number of hydrogen-bond donors (Lipinski definition) is 1. The number of rotatable bonds is 9.